The van der Waals surface area contributed by atoms with E-state index in [1.807, 2.05) is 18.2 Å². The maximum Gasteiger partial charge on any atom is 0.0728 e. The largest absolute Gasteiger partial charge is 0.389 e. The summed E-state index contributed by atoms with van der Waals surface area (Å²) >= 11 is 6.14. The van der Waals surface area contributed by atoms with Gasteiger partial charge in [-0.2, -0.15) is 0 Å². The smallest absolute Gasteiger partial charge is 0.0728 e. The van der Waals surface area contributed by atoms with Gasteiger partial charge < -0.3 is 14.9 Å². The molecule has 1 saturated carbocycles. The summed E-state index contributed by atoms with van der Waals surface area (Å²) in [7, 11) is 2.18. The predicted octanol–water partition coefficient (Wildman–Crippen LogP) is 4.25. The Bertz CT molecular complexity index is 764. The van der Waals surface area contributed by atoms with Crippen LogP contribution in [0.2, 0.25) is 5.02 Å². The van der Waals surface area contributed by atoms with Gasteiger partial charge in [0.25, 0.3) is 0 Å². The molecule has 2 aromatic carbocycles. The van der Waals surface area contributed by atoms with Crippen LogP contribution in [0.5, 0.6) is 0 Å². The van der Waals surface area contributed by atoms with Gasteiger partial charge in [0.2, 0.25) is 0 Å². The molecule has 4 rings (SSSR count). The molecule has 144 valence electrons. The molecule has 1 saturated heterocycles. The van der Waals surface area contributed by atoms with Crippen LogP contribution < -0.4 is 0 Å². The molecule has 0 aromatic heterocycles. The van der Waals surface area contributed by atoms with Crippen molar-refractivity contribution < 1.29 is 5.11 Å². The second-order valence-electron chi connectivity index (χ2n) is 8.25. The molecular weight excluding hydrogens is 356 g/mol. The molecule has 0 amide bonds. The molecular formula is C23H29ClN2O. The summed E-state index contributed by atoms with van der Waals surface area (Å²) in [6.45, 7) is 5.34. The van der Waals surface area contributed by atoms with Crippen LogP contribution in [0.15, 0.2) is 48.5 Å². The number of hydrogen-bond donors (Lipinski definition) is 1. The van der Waals surface area contributed by atoms with Crippen molar-refractivity contribution in [3.8, 4) is 11.1 Å². The van der Waals surface area contributed by atoms with Gasteiger partial charge in [-0.15, -0.1) is 0 Å². The predicted molar refractivity (Wildman–Crippen MR) is 112 cm³/mol. The number of likely N-dealkylation sites (N-methyl/N-ethyl adjacent to an activating group) is 1. The van der Waals surface area contributed by atoms with Gasteiger partial charge in [0.15, 0.2) is 0 Å². The van der Waals surface area contributed by atoms with Gasteiger partial charge in [-0.25, -0.2) is 0 Å². The summed E-state index contributed by atoms with van der Waals surface area (Å²) in [5.74, 6) is 0.183. The van der Waals surface area contributed by atoms with Gasteiger partial charge in [0.1, 0.15) is 0 Å². The van der Waals surface area contributed by atoms with Crippen molar-refractivity contribution in [2.45, 2.75) is 30.8 Å². The van der Waals surface area contributed by atoms with Gasteiger partial charge >= 0.3 is 0 Å². The van der Waals surface area contributed by atoms with E-state index in [1.165, 1.54) is 11.1 Å². The molecule has 27 heavy (non-hydrogen) atoms. The van der Waals surface area contributed by atoms with Gasteiger partial charge in [-0.05, 0) is 55.1 Å². The fourth-order valence-electron chi connectivity index (χ4n) is 4.34. The molecule has 1 N–H and O–H groups in total. The minimum absolute atomic E-state index is 0.183. The van der Waals surface area contributed by atoms with E-state index in [0.717, 1.165) is 62.6 Å². The molecule has 1 unspecified atom stereocenters. The highest BCUT2D eigenvalue weighted by Gasteiger charge is 2.43. The number of nitrogens with zero attached hydrogens (tertiary/aromatic N) is 2. The highest BCUT2D eigenvalue weighted by Crippen LogP contribution is 2.44. The quantitative estimate of drug-likeness (QED) is 0.834. The van der Waals surface area contributed by atoms with E-state index in [1.54, 1.807) is 0 Å². The van der Waals surface area contributed by atoms with Crippen LogP contribution in [-0.2, 0) is 0 Å². The van der Waals surface area contributed by atoms with Crippen molar-refractivity contribution in [1.82, 2.24) is 9.80 Å². The Hall–Kier alpha value is -1.39. The molecule has 0 spiro atoms. The molecule has 3 nitrogen and oxygen atoms in total. The van der Waals surface area contributed by atoms with Crippen molar-refractivity contribution in [2.75, 3.05) is 39.8 Å². The number of piperazine rings is 1. The van der Waals surface area contributed by atoms with Crippen molar-refractivity contribution in [2.24, 2.45) is 0 Å². The normalized spacial score (nSPS) is 21.6. The number of aliphatic hydroxyl groups is 1. The van der Waals surface area contributed by atoms with E-state index in [2.05, 4.69) is 47.2 Å². The van der Waals surface area contributed by atoms with Crippen molar-refractivity contribution >= 4 is 11.6 Å². The summed E-state index contributed by atoms with van der Waals surface area (Å²) < 4.78 is 0. The Balaban J connectivity index is 1.55. The first-order chi connectivity index (χ1) is 13.0. The van der Waals surface area contributed by atoms with E-state index >= 15 is 0 Å². The fraction of sp³-hybridized carbons (Fsp3) is 0.478. The van der Waals surface area contributed by atoms with E-state index < -0.39 is 5.60 Å². The minimum atomic E-state index is -0.541. The molecule has 0 radical (unpaired) electrons. The van der Waals surface area contributed by atoms with E-state index in [0.29, 0.717) is 0 Å². The summed E-state index contributed by atoms with van der Waals surface area (Å²) in [5.41, 5.74) is 3.01. The maximum atomic E-state index is 11.2. The average molecular weight is 385 g/mol. The highest BCUT2D eigenvalue weighted by atomic mass is 35.5. The summed E-state index contributed by atoms with van der Waals surface area (Å²) in [4.78, 5) is 4.90. The first kappa shape index (κ1) is 18.9. The minimum Gasteiger partial charge on any atom is -0.389 e. The molecule has 4 heteroatoms. The fourth-order valence-corrected chi connectivity index (χ4v) is 4.53. The number of hydrogen-bond acceptors (Lipinski definition) is 3. The standard InChI is InChI=1S/C23H29ClN2O/c1-25-12-14-26(15-13-25)17-22(23(27)10-3-11-23)19-8-6-18(7-9-19)20-4-2-5-21(24)16-20/h2,4-9,16,22,27H,3,10-15,17H2,1H3. The van der Waals surface area contributed by atoms with Gasteiger partial charge in [0, 0.05) is 43.7 Å². The molecule has 2 fully saturated rings. The number of halogens is 1. The third-order valence-corrected chi connectivity index (χ3v) is 6.61. The van der Waals surface area contributed by atoms with Crippen LogP contribution in [0.3, 0.4) is 0 Å². The van der Waals surface area contributed by atoms with Crippen LogP contribution in [0.4, 0.5) is 0 Å². The molecule has 1 aliphatic heterocycles. The first-order valence-electron chi connectivity index (χ1n) is 10.0. The lowest BCUT2D eigenvalue weighted by atomic mass is 9.68. The van der Waals surface area contributed by atoms with Crippen LogP contribution in [0.25, 0.3) is 11.1 Å². The second-order valence-corrected chi connectivity index (χ2v) is 8.68. The lowest BCUT2D eigenvalue weighted by Gasteiger charge is -2.46. The van der Waals surface area contributed by atoms with Gasteiger partial charge in [-0.3, -0.25) is 0 Å². The Morgan fingerprint density at radius 3 is 2.30 bits per heavy atom. The van der Waals surface area contributed by atoms with E-state index in [-0.39, 0.29) is 5.92 Å². The van der Waals surface area contributed by atoms with Gasteiger partial charge in [0.05, 0.1) is 5.60 Å². The van der Waals surface area contributed by atoms with Crippen molar-refractivity contribution in [3.63, 3.8) is 0 Å². The monoisotopic (exact) mass is 384 g/mol. The second kappa shape index (κ2) is 7.92. The lowest BCUT2D eigenvalue weighted by molar-refractivity contribution is -0.0665. The van der Waals surface area contributed by atoms with Crippen molar-refractivity contribution in [1.29, 1.82) is 0 Å². The molecule has 1 aliphatic carbocycles. The van der Waals surface area contributed by atoms with E-state index in [4.69, 9.17) is 11.6 Å². The zero-order valence-electron chi connectivity index (χ0n) is 16.1. The molecule has 0 bridgehead atoms. The van der Waals surface area contributed by atoms with E-state index in [9.17, 15) is 5.11 Å². The van der Waals surface area contributed by atoms with Crippen LogP contribution in [-0.4, -0.2) is 60.3 Å². The first-order valence-corrected chi connectivity index (χ1v) is 10.4. The third-order valence-electron chi connectivity index (χ3n) is 6.38. The average Bonchev–Trinajstić information content (AvgIpc) is 2.66. The third kappa shape index (κ3) is 4.22. The Morgan fingerprint density at radius 1 is 1.00 bits per heavy atom. The van der Waals surface area contributed by atoms with Gasteiger partial charge in [-0.1, -0.05) is 48.0 Å². The SMILES string of the molecule is CN1CCN(CC(c2ccc(-c3cccc(Cl)c3)cc2)C2(O)CCC2)CC1. The van der Waals surface area contributed by atoms with Crippen LogP contribution in [0, 0.1) is 0 Å². The zero-order valence-corrected chi connectivity index (χ0v) is 16.8. The Labute approximate surface area is 167 Å². The molecule has 2 aromatic rings. The Kier molecular flexibility index (Phi) is 5.56. The summed E-state index contributed by atoms with van der Waals surface area (Å²) in [5, 5.41) is 11.9. The molecule has 1 atom stereocenters. The van der Waals surface area contributed by atoms with Crippen LogP contribution >= 0.6 is 11.6 Å². The topological polar surface area (TPSA) is 26.7 Å². The summed E-state index contributed by atoms with van der Waals surface area (Å²) in [6, 6.07) is 16.7. The zero-order chi connectivity index (χ0) is 18.9. The van der Waals surface area contributed by atoms with Crippen LogP contribution in [0.1, 0.15) is 30.7 Å². The Morgan fingerprint density at radius 2 is 1.70 bits per heavy atom. The highest BCUT2D eigenvalue weighted by molar-refractivity contribution is 6.30. The number of rotatable bonds is 5. The number of benzene rings is 2. The lowest BCUT2D eigenvalue weighted by Crippen LogP contribution is -2.51. The summed E-state index contributed by atoms with van der Waals surface area (Å²) in [6.07, 6.45) is 2.97. The maximum absolute atomic E-state index is 11.2. The van der Waals surface area contributed by atoms with Crippen molar-refractivity contribution in [3.05, 3.63) is 59.1 Å². The molecule has 2 aliphatic rings. The molecule has 1 heterocycles.